The van der Waals surface area contributed by atoms with E-state index in [1.165, 1.54) is 5.56 Å². The summed E-state index contributed by atoms with van der Waals surface area (Å²) in [4.78, 5) is 0. The molecule has 1 aromatic heterocycles. The maximum atomic E-state index is 11.0. The molecule has 0 aliphatic carbocycles. The van der Waals surface area contributed by atoms with Gasteiger partial charge in [-0.2, -0.15) is 0 Å². The molecular weight excluding hydrogens is 378 g/mol. The van der Waals surface area contributed by atoms with Crippen LogP contribution >= 0.6 is 15.9 Å². The summed E-state index contributed by atoms with van der Waals surface area (Å²) in [6.07, 6.45) is -0.0668. The molecule has 0 spiro atoms. The van der Waals surface area contributed by atoms with E-state index in [0.717, 1.165) is 21.3 Å². The summed E-state index contributed by atoms with van der Waals surface area (Å²) in [5.74, 6) is 0.640. The van der Waals surface area contributed by atoms with Crippen molar-refractivity contribution in [2.45, 2.75) is 38.7 Å². The third kappa shape index (κ3) is 3.86. The Morgan fingerprint density at radius 3 is 2.36 bits per heavy atom. The smallest absolute Gasteiger partial charge is 0.172 e. The van der Waals surface area contributed by atoms with Crippen LogP contribution in [0.25, 0.3) is 11.3 Å². The second-order valence-corrected chi connectivity index (χ2v) is 7.90. The number of aryl methyl sites for hydroxylation is 1. The maximum Gasteiger partial charge on any atom is 0.172 e. The molecule has 3 aromatic rings. The van der Waals surface area contributed by atoms with Gasteiger partial charge in [0.05, 0.1) is 17.4 Å². The Morgan fingerprint density at radius 1 is 1.08 bits per heavy atom. The highest BCUT2D eigenvalue weighted by Crippen LogP contribution is 2.38. The van der Waals surface area contributed by atoms with E-state index in [1.54, 1.807) is 0 Å². The van der Waals surface area contributed by atoms with Gasteiger partial charge in [-0.1, -0.05) is 77.4 Å². The van der Waals surface area contributed by atoms with Crippen LogP contribution in [0.15, 0.2) is 63.6 Å². The summed E-state index contributed by atoms with van der Waals surface area (Å²) in [6, 6.07) is 18.1. The van der Waals surface area contributed by atoms with Crippen LogP contribution in [-0.2, 0) is 5.41 Å². The molecule has 0 radical (unpaired) electrons. The first-order valence-corrected chi connectivity index (χ1v) is 9.13. The second kappa shape index (κ2) is 7.14. The van der Waals surface area contributed by atoms with Gasteiger partial charge in [-0.3, -0.25) is 0 Å². The van der Waals surface area contributed by atoms with Crippen molar-refractivity contribution >= 4 is 15.9 Å². The van der Waals surface area contributed by atoms with Crippen molar-refractivity contribution in [2.75, 3.05) is 0 Å². The van der Waals surface area contributed by atoms with E-state index in [1.807, 2.05) is 49.4 Å². The number of hydrogen-bond acceptors (Lipinski definition) is 3. The van der Waals surface area contributed by atoms with Gasteiger partial charge in [-0.05, 0) is 36.5 Å². The quantitative estimate of drug-likeness (QED) is 0.588. The minimum absolute atomic E-state index is 0.165. The Kier molecular flexibility index (Phi) is 5.11. The first-order valence-electron chi connectivity index (χ1n) is 8.34. The molecule has 25 heavy (non-hydrogen) atoms. The maximum absolute atomic E-state index is 11.0. The summed E-state index contributed by atoms with van der Waals surface area (Å²) >= 11 is 3.44. The summed E-state index contributed by atoms with van der Waals surface area (Å²) in [5, 5.41) is 15.1. The normalized spacial score (nSPS) is 13.0. The van der Waals surface area contributed by atoms with Gasteiger partial charge in [-0.15, -0.1) is 0 Å². The predicted molar refractivity (Wildman–Crippen MR) is 103 cm³/mol. The molecule has 0 aliphatic heterocycles. The number of aromatic nitrogens is 1. The summed E-state index contributed by atoms with van der Waals surface area (Å²) in [5.41, 5.74) is 3.45. The van der Waals surface area contributed by atoms with E-state index in [0.29, 0.717) is 12.2 Å². The Morgan fingerprint density at radius 2 is 1.72 bits per heavy atom. The highest BCUT2D eigenvalue weighted by atomic mass is 79.9. The monoisotopic (exact) mass is 399 g/mol. The number of benzene rings is 2. The molecule has 2 aromatic carbocycles. The van der Waals surface area contributed by atoms with Gasteiger partial charge in [0.1, 0.15) is 0 Å². The number of aliphatic hydroxyl groups excluding tert-OH is 1. The Hall–Kier alpha value is -1.91. The van der Waals surface area contributed by atoms with Crippen LogP contribution in [0.2, 0.25) is 0 Å². The Balaban J connectivity index is 1.91. The van der Waals surface area contributed by atoms with Gasteiger partial charge in [-0.25, -0.2) is 0 Å². The van der Waals surface area contributed by atoms with Crippen molar-refractivity contribution in [3.8, 4) is 11.3 Å². The largest absolute Gasteiger partial charge is 0.388 e. The molecule has 1 atom stereocenters. The first-order chi connectivity index (χ1) is 11.9. The summed E-state index contributed by atoms with van der Waals surface area (Å²) in [7, 11) is 0. The summed E-state index contributed by atoms with van der Waals surface area (Å²) < 4.78 is 6.54. The van der Waals surface area contributed by atoms with Crippen molar-refractivity contribution in [3.05, 3.63) is 75.9 Å². The van der Waals surface area contributed by atoms with Gasteiger partial charge < -0.3 is 9.63 Å². The van der Waals surface area contributed by atoms with Crippen molar-refractivity contribution in [2.24, 2.45) is 0 Å². The van der Waals surface area contributed by atoms with Crippen LogP contribution in [0.4, 0.5) is 0 Å². The fourth-order valence-corrected chi connectivity index (χ4v) is 3.44. The van der Waals surface area contributed by atoms with E-state index in [-0.39, 0.29) is 5.41 Å². The fourth-order valence-electron chi connectivity index (χ4n) is 3.17. The molecule has 0 bridgehead atoms. The number of rotatable bonds is 5. The Labute approximate surface area is 156 Å². The van der Waals surface area contributed by atoms with E-state index in [4.69, 9.17) is 4.52 Å². The van der Waals surface area contributed by atoms with Crippen LogP contribution in [0, 0.1) is 6.92 Å². The molecule has 0 aliphatic rings. The number of nitrogens with zero attached hydrogens (tertiary/aromatic N) is 1. The van der Waals surface area contributed by atoms with Crippen LogP contribution < -0.4 is 0 Å². The van der Waals surface area contributed by atoms with Gasteiger partial charge >= 0.3 is 0 Å². The predicted octanol–water partition coefficient (Wildman–Crippen LogP) is 5.81. The van der Waals surface area contributed by atoms with Gasteiger partial charge in [0.2, 0.25) is 0 Å². The zero-order chi connectivity index (χ0) is 18.0. The average molecular weight is 400 g/mol. The SMILES string of the molecule is Cc1noc(-c2ccc(Br)cc2)c1C(O)CC(C)(C)c1ccccc1. The van der Waals surface area contributed by atoms with Crippen molar-refractivity contribution in [3.63, 3.8) is 0 Å². The van der Waals surface area contributed by atoms with Crippen LogP contribution in [0.3, 0.4) is 0 Å². The third-order valence-electron chi connectivity index (χ3n) is 4.61. The lowest BCUT2D eigenvalue weighted by atomic mass is 9.78. The molecule has 1 heterocycles. The number of halogens is 1. The van der Waals surface area contributed by atoms with Gasteiger partial charge in [0.15, 0.2) is 5.76 Å². The van der Waals surface area contributed by atoms with E-state index in [9.17, 15) is 5.11 Å². The minimum atomic E-state index is -0.653. The standard InChI is InChI=1S/C21H22BrNO2/c1-14-19(20(25-23-14)15-9-11-17(22)12-10-15)18(24)13-21(2,3)16-7-5-4-6-8-16/h4-12,18,24H,13H2,1-3H3. The zero-order valence-electron chi connectivity index (χ0n) is 14.7. The molecular formula is C21H22BrNO2. The second-order valence-electron chi connectivity index (χ2n) is 6.99. The molecule has 4 heteroatoms. The van der Waals surface area contributed by atoms with Crippen molar-refractivity contribution < 1.29 is 9.63 Å². The number of hydrogen-bond donors (Lipinski definition) is 1. The van der Waals surface area contributed by atoms with Crippen LogP contribution in [0.1, 0.15) is 43.2 Å². The van der Waals surface area contributed by atoms with Gasteiger partial charge in [0, 0.05) is 10.0 Å². The highest BCUT2D eigenvalue weighted by Gasteiger charge is 2.29. The molecule has 0 fully saturated rings. The molecule has 1 N–H and O–H groups in total. The molecule has 0 saturated carbocycles. The summed E-state index contributed by atoms with van der Waals surface area (Å²) in [6.45, 7) is 6.17. The molecule has 3 rings (SSSR count). The fraction of sp³-hybridized carbons (Fsp3) is 0.286. The van der Waals surface area contributed by atoms with E-state index < -0.39 is 6.10 Å². The molecule has 3 nitrogen and oxygen atoms in total. The highest BCUT2D eigenvalue weighted by molar-refractivity contribution is 9.10. The lowest BCUT2D eigenvalue weighted by Gasteiger charge is -2.28. The van der Waals surface area contributed by atoms with Crippen molar-refractivity contribution in [1.82, 2.24) is 5.16 Å². The van der Waals surface area contributed by atoms with Gasteiger partial charge in [0.25, 0.3) is 0 Å². The topological polar surface area (TPSA) is 46.3 Å². The van der Waals surface area contributed by atoms with E-state index in [2.05, 4.69) is 47.1 Å². The lowest BCUT2D eigenvalue weighted by molar-refractivity contribution is 0.140. The Bertz CT molecular complexity index is 838. The zero-order valence-corrected chi connectivity index (χ0v) is 16.2. The molecule has 0 saturated heterocycles. The number of aliphatic hydroxyl groups is 1. The molecule has 1 unspecified atom stereocenters. The first kappa shape index (κ1) is 17.9. The van der Waals surface area contributed by atoms with Crippen molar-refractivity contribution in [1.29, 1.82) is 0 Å². The van der Waals surface area contributed by atoms with E-state index >= 15 is 0 Å². The molecule has 0 amide bonds. The van der Waals surface area contributed by atoms with Crippen LogP contribution in [0.5, 0.6) is 0 Å². The van der Waals surface area contributed by atoms with Crippen LogP contribution in [-0.4, -0.2) is 10.3 Å². The minimum Gasteiger partial charge on any atom is -0.388 e. The lowest BCUT2D eigenvalue weighted by Crippen LogP contribution is -2.21. The third-order valence-corrected chi connectivity index (χ3v) is 5.14. The molecule has 130 valence electrons. The average Bonchev–Trinajstić information content (AvgIpc) is 2.98.